The molecule has 3 aromatic rings. The second kappa shape index (κ2) is 5.09. The molecule has 0 radical (unpaired) electrons. The highest BCUT2D eigenvalue weighted by Gasteiger charge is 2.12. The number of anilines is 1. The van der Waals surface area contributed by atoms with Crippen LogP contribution in [0.15, 0.2) is 48.8 Å². The van der Waals surface area contributed by atoms with Crippen LogP contribution in [0.5, 0.6) is 0 Å². The normalized spacial score (nSPS) is 10.5. The summed E-state index contributed by atoms with van der Waals surface area (Å²) in [7, 11) is 0. The molecule has 2 aromatic carbocycles. The molecule has 0 aliphatic rings. The zero-order valence-electron chi connectivity index (χ0n) is 11.0. The molecule has 1 heterocycles. The number of aromatic nitrogens is 2. The van der Waals surface area contributed by atoms with E-state index in [1.54, 1.807) is 42.7 Å². The molecule has 21 heavy (non-hydrogen) atoms. The number of nitrogens with two attached hydrogens (primary N) is 1. The maximum absolute atomic E-state index is 12.3. The quantitative estimate of drug-likeness (QED) is 0.683. The van der Waals surface area contributed by atoms with E-state index in [1.165, 1.54) is 0 Å². The van der Waals surface area contributed by atoms with Gasteiger partial charge in [-0.2, -0.15) is 0 Å². The summed E-state index contributed by atoms with van der Waals surface area (Å²) in [5, 5.41) is 2.76. The number of nitrogens with one attached hydrogen (secondary N) is 2. The minimum absolute atomic E-state index is 0.264. The van der Waals surface area contributed by atoms with Gasteiger partial charge < -0.3 is 16.0 Å². The molecule has 0 aliphatic carbocycles. The van der Waals surface area contributed by atoms with Gasteiger partial charge in [0.05, 0.1) is 17.4 Å². The van der Waals surface area contributed by atoms with Gasteiger partial charge in [-0.1, -0.05) is 6.07 Å². The maximum atomic E-state index is 12.3. The highest BCUT2D eigenvalue weighted by molar-refractivity contribution is 6.11. The Hall–Kier alpha value is -3.15. The number of imidazole rings is 1. The lowest BCUT2D eigenvalue weighted by molar-refractivity contribution is 0.0998. The second-order valence-electron chi connectivity index (χ2n) is 4.50. The van der Waals surface area contributed by atoms with E-state index in [0.29, 0.717) is 22.3 Å². The van der Waals surface area contributed by atoms with Crippen LogP contribution in [-0.2, 0) is 0 Å². The Morgan fingerprint density at radius 3 is 2.57 bits per heavy atom. The summed E-state index contributed by atoms with van der Waals surface area (Å²) in [5.74, 6) is -0.770. The standard InChI is InChI=1S/C15H12N4O2/c16-14(20)9-4-6-10(7-5-9)19-15(21)11-2-1-3-12-13(11)18-8-17-12/h1-8H,(H2,16,20)(H,17,18)(H,19,21). The van der Waals surface area contributed by atoms with E-state index in [0.717, 1.165) is 5.52 Å². The van der Waals surface area contributed by atoms with Crippen LogP contribution in [0, 0.1) is 0 Å². The molecule has 0 bridgehead atoms. The summed E-state index contributed by atoms with van der Waals surface area (Å²) in [6.45, 7) is 0. The van der Waals surface area contributed by atoms with Crippen LogP contribution in [0.3, 0.4) is 0 Å². The lowest BCUT2D eigenvalue weighted by atomic mass is 10.1. The lowest BCUT2D eigenvalue weighted by Crippen LogP contribution is -2.13. The third-order valence-corrected chi connectivity index (χ3v) is 3.12. The molecule has 0 fully saturated rings. The first-order valence-electron chi connectivity index (χ1n) is 6.28. The smallest absolute Gasteiger partial charge is 0.257 e. The molecule has 6 nitrogen and oxygen atoms in total. The van der Waals surface area contributed by atoms with Crippen molar-refractivity contribution in [2.45, 2.75) is 0 Å². The Kier molecular flexibility index (Phi) is 3.12. The molecule has 0 spiro atoms. The molecule has 2 amide bonds. The zero-order valence-corrected chi connectivity index (χ0v) is 11.0. The Balaban J connectivity index is 1.86. The third kappa shape index (κ3) is 2.46. The Labute approximate surface area is 120 Å². The molecule has 0 saturated heterocycles. The van der Waals surface area contributed by atoms with Crippen LogP contribution in [0.1, 0.15) is 20.7 Å². The highest BCUT2D eigenvalue weighted by atomic mass is 16.2. The number of fused-ring (bicyclic) bond motifs is 1. The molecule has 3 rings (SSSR count). The van der Waals surface area contributed by atoms with Crippen molar-refractivity contribution < 1.29 is 9.59 Å². The van der Waals surface area contributed by atoms with Gasteiger partial charge in [-0.25, -0.2) is 4.98 Å². The summed E-state index contributed by atoms with van der Waals surface area (Å²) in [4.78, 5) is 30.4. The SMILES string of the molecule is NC(=O)c1ccc(NC(=O)c2cccc3[nH]cnc23)cc1. The van der Waals surface area contributed by atoms with Gasteiger partial charge in [-0.15, -0.1) is 0 Å². The van der Waals surface area contributed by atoms with Crippen LogP contribution >= 0.6 is 0 Å². The molecule has 104 valence electrons. The fraction of sp³-hybridized carbons (Fsp3) is 0. The van der Waals surface area contributed by atoms with Crippen molar-refractivity contribution in [3.8, 4) is 0 Å². The fourth-order valence-corrected chi connectivity index (χ4v) is 2.06. The number of carbonyl (C=O) groups excluding carboxylic acids is 2. The van der Waals surface area contributed by atoms with Crippen molar-refractivity contribution in [2.24, 2.45) is 5.73 Å². The number of primary amides is 1. The number of para-hydroxylation sites is 1. The van der Waals surface area contributed by atoms with Crippen molar-refractivity contribution in [3.05, 3.63) is 59.9 Å². The summed E-state index contributed by atoms with van der Waals surface area (Å²) >= 11 is 0. The third-order valence-electron chi connectivity index (χ3n) is 3.12. The number of hydrogen-bond acceptors (Lipinski definition) is 3. The van der Waals surface area contributed by atoms with Gasteiger partial charge in [0.25, 0.3) is 5.91 Å². The average Bonchev–Trinajstić information content (AvgIpc) is 2.96. The maximum Gasteiger partial charge on any atom is 0.257 e. The van der Waals surface area contributed by atoms with Crippen LogP contribution in [-0.4, -0.2) is 21.8 Å². The van der Waals surface area contributed by atoms with Gasteiger partial charge in [0.1, 0.15) is 5.52 Å². The van der Waals surface area contributed by atoms with Gasteiger partial charge >= 0.3 is 0 Å². The molecule has 1 aromatic heterocycles. The number of aromatic amines is 1. The first-order valence-corrected chi connectivity index (χ1v) is 6.28. The molecular weight excluding hydrogens is 268 g/mol. The minimum atomic E-state index is -0.505. The van der Waals surface area contributed by atoms with Gasteiger partial charge in [-0.05, 0) is 36.4 Å². The molecule has 0 aliphatic heterocycles. The first kappa shape index (κ1) is 12.9. The van der Waals surface area contributed by atoms with Crippen molar-refractivity contribution >= 4 is 28.5 Å². The second-order valence-corrected chi connectivity index (χ2v) is 4.50. The predicted molar refractivity (Wildman–Crippen MR) is 79.0 cm³/mol. The summed E-state index contributed by atoms with van der Waals surface area (Å²) in [6.07, 6.45) is 1.54. The molecule has 0 atom stereocenters. The number of rotatable bonds is 3. The largest absolute Gasteiger partial charge is 0.366 e. The number of amides is 2. The van der Waals surface area contributed by atoms with E-state index in [-0.39, 0.29) is 5.91 Å². The monoisotopic (exact) mass is 280 g/mol. The van der Waals surface area contributed by atoms with Gasteiger partial charge in [-0.3, -0.25) is 9.59 Å². The zero-order chi connectivity index (χ0) is 14.8. The Bertz CT molecular complexity index is 821. The van der Waals surface area contributed by atoms with Crippen LogP contribution in [0.25, 0.3) is 11.0 Å². The van der Waals surface area contributed by atoms with E-state index < -0.39 is 5.91 Å². The highest BCUT2D eigenvalue weighted by Crippen LogP contribution is 2.17. The summed E-state index contributed by atoms with van der Waals surface area (Å²) in [6, 6.07) is 11.7. The number of carbonyl (C=O) groups is 2. The van der Waals surface area contributed by atoms with Crippen molar-refractivity contribution in [2.75, 3.05) is 5.32 Å². The topological polar surface area (TPSA) is 101 Å². The lowest BCUT2D eigenvalue weighted by Gasteiger charge is -2.06. The van der Waals surface area contributed by atoms with E-state index in [2.05, 4.69) is 15.3 Å². The van der Waals surface area contributed by atoms with E-state index >= 15 is 0 Å². The van der Waals surface area contributed by atoms with Gasteiger partial charge in [0, 0.05) is 11.3 Å². The van der Waals surface area contributed by atoms with E-state index in [1.807, 2.05) is 6.07 Å². The van der Waals surface area contributed by atoms with Crippen LogP contribution in [0.4, 0.5) is 5.69 Å². The number of H-pyrrole nitrogens is 1. The summed E-state index contributed by atoms with van der Waals surface area (Å²) < 4.78 is 0. The van der Waals surface area contributed by atoms with E-state index in [4.69, 9.17) is 5.73 Å². The molecule has 6 heteroatoms. The Morgan fingerprint density at radius 1 is 1.10 bits per heavy atom. The van der Waals surface area contributed by atoms with Crippen LogP contribution < -0.4 is 11.1 Å². The van der Waals surface area contributed by atoms with Crippen molar-refractivity contribution in [3.63, 3.8) is 0 Å². The molecular formula is C15H12N4O2. The van der Waals surface area contributed by atoms with Gasteiger partial charge in [0.2, 0.25) is 5.91 Å². The summed E-state index contributed by atoms with van der Waals surface area (Å²) in [5.41, 5.74) is 8.03. The molecule has 0 saturated carbocycles. The van der Waals surface area contributed by atoms with Crippen molar-refractivity contribution in [1.82, 2.24) is 9.97 Å². The number of benzene rings is 2. The number of nitrogens with zero attached hydrogens (tertiary/aromatic N) is 1. The molecule has 0 unspecified atom stereocenters. The minimum Gasteiger partial charge on any atom is -0.366 e. The number of hydrogen-bond donors (Lipinski definition) is 3. The molecule has 4 N–H and O–H groups in total. The fourth-order valence-electron chi connectivity index (χ4n) is 2.06. The predicted octanol–water partition coefficient (Wildman–Crippen LogP) is 1.91. The average molecular weight is 280 g/mol. The van der Waals surface area contributed by atoms with E-state index in [9.17, 15) is 9.59 Å². The van der Waals surface area contributed by atoms with Crippen LogP contribution in [0.2, 0.25) is 0 Å². The Morgan fingerprint density at radius 2 is 1.86 bits per heavy atom. The van der Waals surface area contributed by atoms with Crippen molar-refractivity contribution in [1.29, 1.82) is 0 Å². The first-order chi connectivity index (χ1) is 10.1. The van der Waals surface area contributed by atoms with Gasteiger partial charge in [0.15, 0.2) is 0 Å².